The second-order valence-corrected chi connectivity index (χ2v) is 2.54. The molecule has 0 aromatic heterocycles. The highest BCUT2D eigenvalue weighted by atomic mass is 19.1. The van der Waals surface area contributed by atoms with Crippen LogP contribution in [0.1, 0.15) is 12.8 Å². The molecule has 0 spiro atoms. The third-order valence-electron chi connectivity index (χ3n) is 1.75. The third-order valence-corrected chi connectivity index (χ3v) is 1.75. The molecule has 2 rings (SSSR count). The minimum atomic E-state index is -0.518. The summed E-state index contributed by atoms with van der Waals surface area (Å²) in [7, 11) is 0. The maximum Gasteiger partial charge on any atom is 0.278 e. The van der Waals surface area contributed by atoms with Crippen LogP contribution in [-0.2, 0) is 4.74 Å². The molecule has 11 heavy (non-hydrogen) atoms. The summed E-state index contributed by atoms with van der Waals surface area (Å²) in [4.78, 5) is 0. The zero-order valence-corrected chi connectivity index (χ0v) is 6.01. The zero-order valence-electron chi connectivity index (χ0n) is 6.01. The lowest BCUT2D eigenvalue weighted by molar-refractivity contribution is 0.216. The topological polar surface area (TPSA) is 9.23 Å². The monoisotopic (exact) mass is 151 g/mol. The zero-order chi connectivity index (χ0) is 7.68. The maximum atomic E-state index is 12.5. The van der Waals surface area contributed by atoms with Crippen LogP contribution in [0.3, 0.4) is 0 Å². The predicted molar refractivity (Wildman–Crippen MR) is 40.0 cm³/mol. The van der Waals surface area contributed by atoms with Crippen LogP contribution in [0.15, 0.2) is 35.6 Å². The van der Waals surface area contributed by atoms with E-state index in [9.17, 15) is 4.39 Å². The van der Waals surface area contributed by atoms with E-state index in [0.717, 1.165) is 18.4 Å². The summed E-state index contributed by atoms with van der Waals surface area (Å²) in [5.74, 6) is 0.663. The van der Waals surface area contributed by atoms with Crippen molar-refractivity contribution in [2.75, 3.05) is 0 Å². The van der Waals surface area contributed by atoms with Crippen LogP contribution in [0, 0.1) is 6.42 Å². The number of rotatable bonds is 0. The van der Waals surface area contributed by atoms with Gasteiger partial charge >= 0.3 is 0 Å². The van der Waals surface area contributed by atoms with Crippen molar-refractivity contribution in [2.45, 2.75) is 12.8 Å². The first-order valence-corrected chi connectivity index (χ1v) is 3.65. The minimum Gasteiger partial charge on any atom is -0.432 e. The molecule has 0 saturated carbocycles. The Hall–Kier alpha value is -1.05. The molecule has 0 aromatic carbocycles. The lowest BCUT2D eigenvalue weighted by Crippen LogP contribution is -2.03. The van der Waals surface area contributed by atoms with Crippen molar-refractivity contribution < 1.29 is 9.13 Å². The lowest BCUT2D eigenvalue weighted by Gasteiger charge is -2.18. The summed E-state index contributed by atoms with van der Waals surface area (Å²) in [5, 5.41) is 0. The fourth-order valence-corrected chi connectivity index (χ4v) is 1.22. The minimum absolute atomic E-state index is 0.518. The first-order chi connectivity index (χ1) is 5.36. The summed E-state index contributed by atoms with van der Waals surface area (Å²) in [6.45, 7) is 0. The molecule has 0 N–H and O–H groups in total. The number of hydrogen-bond acceptors (Lipinski definition) is 1. The Morgan fingerprint density at radius 2 is 2.18 bits per heavy atom. The van der Waals surface area contributed by atoms with Gasteiger partial charge in [0.05, 0.1) is 0 Å². The number of halogens is 1. The highest BCUT2D eigenvalue weighted by molar-refractivity contribution is 5.41. The number of allylic oxidation sites excluding steroid dienone is 4. The normalized spacial score (nSPS) is 22.5. The van der Waals surface area contributed by atoms with E-state index in [1.165, 1.54) is 6.08 Å². The van der Waals surface area contributed by atoms with Crippen LogP contribution < -0.4 is 0 Å². The number of fused-ring (bicyclic) bond motifs is 1. The van der Waals surface area contributed by atoms with Gasteiger partial charge in [-0.25, -0.2) is 0 Å². The van der Waals surface area contributed by atoms with Gasteiger partial charge in [0.15, 0.2) is 0 Å². The van der Waals surface area contributed by atoms with Crippen LogP contribution in [0.5, 0.6) is 0 Å². The predicted octanol–water partition coefficient (Wildman–Crippen LogP) is 2.64. The molecule has 0 fully saturated rings. The number of hydrogen-bond donors (Lipinski definition) is 0. The summed E-state index contributed by atoms with van der Waals surface area (Å²) in [6, 6.07) is -0.518. The van der Waals surface area contributed by atoms with Gasteiger partial charge in [0.25, 0.3) is 6.01 Å². The van der Waals surface area contributed by atoms with Crippen LogP contribution in [0.4, 0.5) is 4.39 Å². The Morgan fingerprint density at radius 3 is 3.09 bits per heavy atom. The molecule has 57 valence electrons. The fraction of sp³-hybridized carbons (Fsp3) is 0.222. The molecule has 1 radical (unpaired) electrons. The highest BCUT2D eigenvalue weighted by Crippen LogP contribution is 2.29. The molecule has 2 heteroatoms. The van der Waals surface area contributed by atoms with Crippen LogP contribution in [0.25, 0.3) is 0 Å². The van der Waals surface area contributed by atoms with E-state index in [0.29, 0.717) is 5.76 Å². The first kappa shape index (κ1) is 6.65. The van der Waals surface area contributed by atoms with Gasteiger partial charge in [0, 0.05) is 6.08 Å². The van der Waals surface area contributed by atoms with Gasteiger partial charge in [-0.05, 0) is 37.0 Å². The summed E-state index contributed by atoms with van der Waals surface area (Å²) in [5.41, 5.74) is 0.998. The van der Waals surface area contributed by atoms with E-state index in [-0.39, 0.29) is 0 Å². The third kappa shape index (κ3) is 1.20. The molecule has 0 amide bonds. The van der Waals surface area contributed by atoms with Crippen molar-refractivity contribution in [2.24, 2.45) is 0 Å². The van der Waals surface area contributed by atoms with E-state index in [1.54, 1.807) is 6.08 Å². The van der Waals surface area contributed by atoms with Gasteiger partial charge < -0.3 is 4.74 Å². The van der Waals surface area contributed by atoms with Crippen molar-refractivity contribution in [1.29, 1.82) is 0 Å². The van der Waals surface area contributed by atoms with E-state index in [2.05, 4.69) is 6.42 Å². The van der Waals surface area contributed by atoms with Gasteiger partial charge in [0.1, 0.15) is 5.76 Å². The lowest BCUT2D eigenvalue weighted by atomic mass is 9.99. The summed E-state index contributed by atoms with van der Waals surface area (Å²) >= 11 is 0. The van der Waals surface area contributed by atoms with E-state index >= 15 is 0 Å². The van der Waals surface area contributed by atoms with Crippen LogP contribution in [0.2, 0.25) is 0 Å². The molecule has 1 heterocycles. The van der Waals surface area contributed by atoms with Crippen molar-refractivity contribution in [3.63, 3.8) is 0 Å². The second kappa shape index (κ2) is 2.53. The Labute approximate surface area is 64.9 Å². The van der Waals surface area contributed by atoms with Gasteiger partial charge in [-0.3, -0.25) is 0 Å². The fourth-order valence-electron chi connectivity index (χ4n) is 1.22. The standard InChI is InChI=1S/C9H8FO/c10-9-6-5-7-3-1-2-4-8(7)11-9/h3-6H,1-2H2. The Kier molecular flexibility index (Phi) is 1.53. The molecule has 1 aliphatic heterocycles. The highest BCUT2D eigenvalue weighted by Gasteiger charge is 2.15. The Morgan fingerprint density at radius 1 is 1.27 bits per heavy atom. The molecule has 0 aromatic rings. The Balaban J connectivity index is 2.32. The van der Waals surface area contributed by atoms with E-state index < -0.39 is 6.01 Å². The van der Waals surface area contributed by atoms with Crippen molar-refractivity contribution in [1.82, 2.24) is 0 Å². The average molecular weight is 151 g/mol. The number of ether oxygens (including phenoxy) is 1. The van der Waals surface area contributed by atoms with Crippen molar-refractivity contribution in [3.05, 3.63) is 42.0 Å². The maximum absolute atomic E-state index is 12.5. The van der Waals surface area contributed by atoms with Gasteiger partial charge in [0.2, 0.25) is 0 Å². The van der Waals surface area contributed by atoms with Gasteiger partial charge in [-0.15, -0.1) is 0 Å². The summed E-state index contributed by atoms with van der Waals surface area (Å²) in [6.07, 6.45) is 9.02. The first-order valence-electron chi connectivity index (χ1n) is 3.65. The van der Waals surface area contributed by atoms with E-state index in [4.69, 9.17) is 4.74 Å². The van der Waals surface area contributed by atoms with Gasteiger partial charge in [-0.1, -0.05) is 0 Å². The molecule has 0 unspecified atom stereocenters. The van der Waals surface area contributed by atoms with Crippen molar-refractivity contribution in [3.8, 4) is 0 Å². The molecule has 0 bridgehead atoms. The SMILES string of the molecule is FC1=CC=C2[CH]CCC=C2O1. The molecule has 0 saturated heterocycles. The van der Waals surface area contributed by atoms with Gasteiger partial charge in [-0.2, -0.15) is 4.39 Å². The van der Waals surface area contributed by atoms with Crippen LogP contribution >= 0.6 is 0 Å². The molecule has 0 atom stereocenters. The second-order valence-electron chi connectivity index (χ2n) is 2.54. The largest absolute Gasteiger partial charge is 0.432 e. The molecule has 1 aliphatic carbocycles. The average Bonchev–Trinajstić information content (AvgIpc) is 2.04. The smallest absolute Gasteiger partial charge is 0.278 e. The molecular formula is C9H8FO. The van der Waals surface area contributed by atoms with Crippen LogP contribution in [-0.4, -0.2) is 0 Å². The van der Waals surface area contributed by atoms with E-state index in [1.807, 2.05) is 6.08 Å². The molecule has 1 nitrogen and oxygen atoms in total. The molecular weight excluding hydrogens is 143 g/mol. The molecule has 2 aliphatic rings. The quantitative estimate of drug-likeness (QED) is 0.517. The summed E-state index contributed by atoms with van der Waals surface area (Å²) < 4.78 is 17.3. The Bertz CT molecular complexity index is 261. The van der Waals surface area contributed by atoms with Crippen molar-refractivity contribution >= 4 is 0 Å².